The molecule has 0 bridgehead atoms. The van der Waals surface area contributed by atoms with Crippen molar-refractivity contribution >= 4 is 23.1 Å². The lowest BCUT2D eigenvalue weighted by Gasteiger charge is -2.35. The van der Waals surface area contributed by atoms with Crippen LogP contribution >= 0.6 is 11.3 Å². The van der Waals surface area contributed by atoms with Gasteiger partial charge in [-0.3, -0.25) is 9.78 Å². The van der Waals surface area contributed by atoms with Gasteiger partial charge >= 0.3 is 0 Å². The molecule has 3 heterocycles. The molecule has 2 fully saturated rings. The average molecular weight is 358 g/mol. The molecule has 132 valence electrons. The molecule has 1 aliphatic carbocycles. The Morgan fingerprint density at radius 2 is 2.12 bits per heavy atom. The van der Waals surface area contributed by atoms with Crippen LogP contribution in [0.15, 0.2) is 30.0 Å². The normalized spacial score (nSPS) is 28.6. The number of likely N-dealkylation sites (tertiary alicyclic amines) is 1. The maximum absolute atomic E-state index is 12.8. The summed E-state index contributed by atoms with van der Waals surface area (Å²) < 4.78 is 0. The fraction of sp³-hybridized carbons (Fsp3) is 0.500. The van der Waals surface area contributed by atoms with Gasteiger partial charge in [-0.15, -0.1) is 11.3 Å². The number of aliphatic hydroxyl groups excluding tert-OH is 1. The van der Waals surface area contributed by atoms with E-state index in [4.69, 9.17) is 0 Å². The van der Waals surface area contributed by atoms with Gasteiger partial charge in [-0.1, -0.05) is 0 Å². The summed E-state index contributed by atoms with van der Waals surface area (Å²) in [6, 6.07) is 1.95. The highest BCUT2D eigenvalue weighted by Gasteiger charge is 2.43. The van der Waals surface area contributed by atoms with Crippen molar-refractivity contribution in [2.45, 2.75) is 31.9 Å². The average Bonchev–Trinajstić information content (AvgIpc) is 3.21. The van der Waals surface area contributed by atoms with Gasteiger partial charge in [0.25, 0.3) is 5.91 Å². The zero-order chi connectivity index (χ0) is 17.4. The van der Waals surface area contributed by atoms with Gasteiger partial charge in [0.2, 0.25) is 0 Å². The Hall–Kier alpha value is -1.99. The number of hydrogen-bond donors (Lipinski definition) is 2. The summed E-state index contributed by atoms with van der Waals surface area (Å²) in [6.07, 6.45) is 6.07. The van der Waals surface area contributed by atoms with Crippen LogP contribution in [0.5, 0.6) is 0 Å². The van der Waals surface area contributed by atoms with Gasteiger partial charge in [-0.05, 0) is 48.6 Å². The first-order valence-corrected chi connectivity index (χ1v) is 9.53. The van der Waals surface area contributed by atoms with Crippen LogP contribution in [0, 0.1) is 18.8 Å². The second-order valence-corrected chi connectivity index (χ2v) is 7.96. The highest BCUT2D eigenvalue weighted by Crippen LogP contribution is 2.38. The van der Waals surface area contributed by atoms with Crippen molar-refractivity contribution in [3.05, 3.63) is 40.5 Å². The standard InChI is InChI=1S/C18H22N4O2S/c1-11-2-5-25-17(11)18(24)22-9-12-6-14(15(23)7-13(12)10-22)21-16-8-19-3-4-20-16/h2-5,8,12-15,23H,6-7,9-10H2,1H3,(H,20,21)/t12-,13+,14-,15-/m1/s1. The van der Waals surface area contributed by atoms with Crippen molar-refractivity contribution < 1.29 is 9.90 Å². The zero-order valence-corrected chi connectivity index (χ0v) is 14.9. The molecule has 4 atom stereocenters. The Morgan fingerprint density at radius 1 is 1.32 bits per heavy atom. The Morgan fingerprint density at radius 3 is 2.80 bits per heavy atom. The SMILES string of the molecule is Cc1ccsc1C(=O)N1C[C@H]2C[C@@H](Nc3cnccn3)[C@H](O)C[C@H]2C1. The number of anilines is 1. The maximum atomic E-state index is 12.8. The predicted octanol–water partition coefficient (Wildman–Crippen LogP) is 2.17. The van der Waals surface area contributed by atoms with Crippen LogP contribution in [0.25, 0.3) is 0 Å². The summed E-state index contributed by atoms with van der Waals surface area (Å²) in [6.45, 7) is 3.50. The molecule has 1 amide bonds. The molecule has 0 aromatic carbocycles. The summed E-state index contributed by atoms with van der Waals surface area (Å²) in [4.78, 5) is 23.9. The highest BCUT2D eigenvalue weighted by molar-refractivity contribution is 7.12. The van der Waals surface area contributed by atoms with Crippen LogP contribution in [0.4, 0.5) is 5.82 Å². The van der Waals surface area contributed by atoms with Crippen LogP contribution in [-0.2, 0) is 0 Å². The first kappa shape index (κ1) is 16.5. The van der Waals surface area contributed by atoms with Gasteiger partial charge in [0, 0.05) is 25.5 Å². The van der Waals surface area contributed by atoms with E-state index in [9.17, 15) is 9.90 Å². The van der Waals surface area contributed by atoms with E-state index in [2.05, 4.69) is 15.3 Å². The number of carbonyl (C=O) groups excluding carboxylic acids is 1. The Bertz CT molecular complexity index is 751. The van der Waals surface area contributed by atoms with E-state index >= 15 is 0 Å². The molecule has 0 spiro atoms. The summed E-state index contributed by atoms with van der Waals surface area (Å²) in [7, 11) is 0. The number of thiophene rings is 1. The maximum Gasteiger partial charge on any atom is 0.264 e. The number of nitrogens with one attached hydrogen (secondary N) is 1. The molecule has 1 aliphatic heterocycles. The quantitative estimate of drug-likeness (QED) is 0.879. The lowest BCUT2D eigenvalue weighted by atomic mass is 9.77. The summed E-state index contributed by atoms with van der Waals surface area (Å²) in [5.74, 6) is 1.61. The monoisotopic (exact) mass is 358 g/mol. The van der Waals surface area contributed by atoms with Crippen molar-refractivity contribution in [3.63, 3.8) is 0 Å². The first-order chi connectivity index (χ1) is 12.1. The van der Waals surface area contributed by atoms with E-state index in [0.717, 1.165) is 36.4 Å². The van der Waals surface area contributed by atoms with Crippen LogP contribution in [0.1, 0.15) is 28.1 Å². The molecule has 2 N–H and O–H groups in total. The van der Waals surface area contributed by atoms with Gasteiger partial charge < -0.3 is 15.3 Å². The van der Waals surface area contributed by atoms with E-state index in [0.29, 0.717) is 17.7 Å². The van der Waals surface area contributed by atoms with Crippen molar-refractivity contribution in [1.82, 2.24) is 14.9 Å². The number of nitrogens with zero attached hydrogens (tertiary/aromatic N) is 3. The smallest absolute Gasteiger partial charge is 0.264 e. The second kappa shape index (κ2) is 6.72. The molecule has 2 aliphatic rings. The molecule has 2 aromatic rings. The molecule has 25 heavy (non-hydrogen) atoms. The lowest BCUT2D eigenvalue weighted by Crippen LogP contribution is -2.43. The van der Waals surface area contributed by atoms with Gasteiger partial charge in [0.1, 0.15) is 5.82 Å². The van der Waals surface area contributed by atoms with Gasteiger partial charge in [-0.25, -0.2) is 4.98 Å². The number of amides is 1. The zero-order valence-electron chi connectivity index (χ0n) is 14.1. The molecule has 1 saturated carbocycles. The van der Waals surface area contributed by atoms with Crippen molar-refractivity contribution in [2.75, 3.05) is 18.4 Å². The predicted molar refractivity (Wildman–Crippen MR) is 96.6 cm³/mol. The van der Waals surface area contributed by atoms with E-state index < -0.39 is 6.10 Å². The van der Waals surface area contributed by atoms with Gasteiger partial charge in [-0.2, -0.15) is 0 Å². The summed E-state index contributed by atoms with van der Waals surface area (Å²) in [5.41, 5.74) is 1.05. The van der Waals surface area contributed by atoms with E-state index in [1.54, 1.807) is 18.6 Å². The third kappa shape index (κ3) is 3.26. The second-order valence-electron chi connectivity index (χ2n) is 7.04. The minimum absolute atomic E-state index is 0.0449. The molecule has 7 heteroatoms. The van der Waals surface area contributed by atoms with Gasteiger partial charge in [0.05, 0.1) is 23.2 Å². The molecule has 0 unspecified atom stereocenters. The van der Waals surface area contributed by atoms with Crippen molar-refractivity contribution in [3.8, 4) is 0 Å². The minimum Gasteiger partial charge on any atom is -0.391 e. The molecule has 1 saturated heterocycles. The topological polar surface area (TPSA) is 78.4 Å². The number of rotatable bonds is 3. The van der Waals surface area contributed by atoms with Crippen LogP contribution in [0.2, 0.25) is 0 Å². The number of fused-ring (bicyclic) bond motifs is 1. The third-order valence-corrected chi connectivity index (χ3v) is 6.39. The first-order valence-electron chi connectivity index (χ1n) is 8.66. The van der Waals surface area contributed by atoms with Crippen molar-refractivity contribution in [1.29, 1.82) is 0 Å². The van der Waals surface area contributed by atoms with E-state index in [1.807, 2.05) is 23.3 Å². The summed E-state index contributed by atoms with van der Waals surface area (Å²) in [5, 5.41) is 15.8. The molecule has 4 rings (SSSR count). The van der Waals surface area contributed by atoms with Crippen LogP contribution in [-0.4, -0.2) is 51.1 Å². The fourth-order valence-electron chi connectivity index (χ4n) is 4.05. The van der Waals surface area contributed by atoms with Gasteiger partial charge in [0.15, 0.2) is 0 Å². The molecule has 6 nitrogen and oxygen atoms in total. The molecular weight excluding hydrogens is 336 g/mol. The Kier molecular flexibility index (Phi) is 4.43. The minimum atomic E-state index is -0.429. The Balaban J connectivity index is 1.43. The van der Waals surface area contributed by atoms with E-state index in [1.165, 1.54) is 11.3 Å². The van der Waals surface area contributed by atoms with Crippen LogP contribution in [0.3, 0.4) is 0 Å². The lowest BCUT2D eigenvalue weighted by molar-refractivity contribution is 0.0727. The van der Waals surface area contributed by atoms with Crippen molar-refractivity contribution in [2.24, 2.45) is 11.8 Å². The number of aliphatic hydroxyl groups is 1. The Labute approximate surface area is 150 Å². The fourth-order valence-corrected chi connectivity index (χ4v) is 4.94. The summed E-state index contributed by atoms with van der Waals surface area (Å²) >= 11 is 1.51. The number of aromatic nitrogens is 2. The number of hydrogen-bond acceptors (Lipinski definition) is 6. The largest absolute Gasteiger partial charge is 0.391 e. The van der Waals surface area contributed by atoms with E-state index in [-0.39, 0.29) is 11.9 Å². The third-order valence-electron chi connectivity index (χ3n) is 5.38. The molecule has 0 radical (unpaired) electrons. The molecular formula is C18H22N4O2S. The highest BCUT2D eigenvalue weighted by atomic mass is 32.1. The number of aryl methyl sites for hydroxylation is 1. The number of carbonyl (C=O) groups is 1. The molecule has 2 aromatic heterocycles. The van der Waals surface area contributed by atoms with Crippen LogP contribution < -0.4 is 5.32 Å².